The molecule has 1 aromatic carbocycles. The summed E-state index contributed by atoms with van der Waals surface area (Å²) in [4.78, 5) is 22.8. The van der Waals surface area contributed by atoms with Gasteiger partial charge in [-0.3, -0.25) is 0 Å². The zero-order chi connectivity index (χ0) is 15.2. The smallest absolute Gasteiger partial charge is 0.339 e. The average molecular weight is 292 g/mol. The van der Waals surface area contributed by atoms with Gasteiger partial charge in [0.2, 0.25) is 0 Å². The molecular formula is C15H20N2O4. The lowest BCUT2D eigenvalue weighted by Crippen LogP contribution is -2.32. The van der Waals surface area contributed by atoms with Gasteiger partial charge in [-0.25, -0.2) is 9.59 Å². The van der Waals surface area contributed by atoms with Crippen LogP contribution in [0.2, 0.25) is 0 Å². The van der Waals surface area contributed by atoms with Crippen molar-refractivity contribution in [1.29, 1.82) is 0 Å². The van der Waals surface area contributed by atoms with Crippen LogP contribution in [-0.2, 0) is 0 Å². The maximum absolute atomic E-state index is 11.8. The van der Waals surface area contributed by atoms with Crippen molar-refractivity contribution in [3.05, 3.63) is 23.8 Å². The van der Waals surface area contributed by atoms with Gasteiger partial charge in [-0.2, -0.15) is 0 Å². The lowest BCUT2D eigenvalue weighted by atomic mass is 10.1. The van der Waals surface area contributed by atoms with Crippen LogP contribution in [0.4, 0.5) is 10.5 Å². The second kappa shape index (κ2) is 6.97. The monoisotopic (exact) mass is 292 g/mol. The van der Waals surface area contributed by atoms with Gasteiger partial charge in [0.05, 0.1) is 7.11 Å². The number of aromatic carboxylic acids is 1. The number of anilines is 1. The third-order valence-electron chi connectivity index (χ3n) is 3.72. The minimum atomic E-state index is -1.07. The Morgan fingerprint density at radius 3 is 2.67 bits per heavy atom. The number of urea groups is 1. The van der Waals surface area contributed by atoms with Gasteiger partial charge >= 0.3 is 12.0 Å². The van der Waals surface area contributed by atoms with Crippen molar-refractivity contribution < 1.29 is 19.4 Å². The largest absolute Gasteiger partial charge is 0.496 e. The summed E-state index contributed by atoms with van der Waals surface area (Å²) < 4.78 is 5.02. The fourth-order valence-corrected chi connectivity index (χ4v) is 2.57. The molecule has 1 aromatic rings. The predicted octanol–water partition coefficient (Wildman–Crippen LogP) is 2.71. The van der Waals surface area contributed by atoms with Crippen molar-refractivity contribution >= 4 is 17.7 Å². The third-order valence-corrected chi connectivity index (χ3v) is 3.72. The number of hydrogen-bond acceptors (Lipinski definition) is 3. The van der Waals surface area contributed by atoms with Crippen LogP contribution < -0.4 is 15.4 Å². The van der Waals surface area contributed by atoms with E-state index >= 15 is 0 Å². The number of carbonyl (C=O) groups is 2. The highest BCUT2D eigenvalue weighted by molar-refractivity contribution is 5.94. The average Bonchev–Trinajstić information content (AvgIpc) is 2.98. The number of carbonyl (C=O) groups excluding carboxylic acids is 1. The molecule has 0 aliphatic heterocycles. The second-order valence-corrected chi connectivity index (χ2v) is 5.21. The van der Waals surface area contributed by atoms with Crippen LogP contribution in [0.15, 0.2) is 18.2 Å². The van der Waals surface area contributed by atoms with Gasteiger partial charge in [-0.05, 0) is 30.9 Å². The highest BCUT2D eigenvalue weighted by Gasteiger charge is 2.16. The molecule has 0 spiro atoms. The first-order valence-corrected chi connectivity index (χ1v) is 7.06. The standard InChI is InChI=1S/C15H20N2O4/c1-21-13-8-11(6-7-12(13)14(18)19)17-15(20)16-9-10-4-2-3-5-10/h6-8,10H,2-5,9H2,1H3,(H,18,19)(H2,16,17,20). The van der Waals surface area contributed by atoms with E-state index in [1.54, 1.807) is 6.07 Å². The number of ether oxygens (including phenoxy) is 1. The predicted molar refractivity (Wildman–Crippen MR) is 78.9 cm³/mol. The SMILES string of the molecule is COc1cc(NC(=O)NCC2CCCC2)ccc1C(=O)O. The van der Waals surface area contributed by atoms with Gasteiger partial charge in [-0.15, -0.1) is 0 Å². The van der Waals surface area contributed by atoms with Crippen LogP contribution in [0.3, 0.4) is 0 Å². The van der Waals surface area contributed by atoms with Crippen molar-refractivity contribution in [2.24, 2.45) is 5.92 Å². The molecule has 1 aliphatic carbocycles. The number of amides is 2. The molecule has 0 aromatic heterocycles. The zero-order valence-corrected chi connectivity index (χ0v) is 12.0. The summed E-state index contributed by atoms with van der Waals surface area (Å²) in [6, 6.07) is 4.17. The molecule has 0 atom stereocenters. The molecule has 114 valence electrons. The van der Waals surface area contributed by atoms with Crippen molar-refractivity contribution in [2.45, 2.75) is 25.7 Å². The first kappa shape index (κ1) is 15.2. The van der Waals surface area contributed by atoms with E-state index in [4.69, 9.17) is 9.84 Å². The van der Waals surface area contributed by atoms with Crippen LogP contribution >= 0.6 is 0 Å². The molecule has 0 saturated heterocycles. The number of benzene rings is 1. The minimum Gasteiger partial charge on any atom is -0.496 e. The number of hydrogen-bond donors (Lipinski definition) is 3. The fourth-order valence-electron chi connectivity index (χ4n) is 2.57. The first-order chi connectivity index (χ1) is 10.1. The van der Waals surface area contributed by atoms with E-state index in [0.717, 1.165) is 0 Å². The van der Waals surface area contributed by atoms with E-state index < -0.39 is 5.97 Å². The van der Waals surface area contributed by atoms with E-state index in [1.165, 1.54) is 44.9 Å². The fraction of sp³-hybridized carbons (Fsp3) is 0.467. The van der Waals surface area contributed by atoms with Crippen molar-refractivity contribution in [3.8, 4) is 5.75 Å². The Labute approximate surface area is 123 Å². The molecule has 0 bridgehead atoms. The number of carboxylic acid groups (broad SMARTS) is 1. The molecule has 6 heteroatoms. The molecular weight excluding hydrogens is 272 g/mol. The molecule has 1 aliphatic rings. The summed E-state index contributed by atoms with van der Waals surface area (Å²) in [5.74, 6) is -0.278. The third kappa shape index (κ3) is 4.11. The minimum absolute atomic E-state index is 0.0643. The number of methoxy groups -OCH3 is 1. The maximum atomic E-state index is 11.8. The summed E-state index contributed by atoms with van der Waals surface area (Å²) in [5, 5.41) is 14.5. The summed E-state index contributed by atoms with van der Waals surface area (Å²) in [7, 11) is 1.39. The van der Waals surface area contributed by atoms with E-state index in [0.29, 0.717) is 18.2 Å². The molecule has 0 unspecified atom stereocenters. The van der Waals surface area contributed by atoms with E-state index in [1.807, 2.05) is 0 Å². The summed E-state index contributed by atoms with van der Waals surface area (Å²) in [6.07, 6.45) is 4.81. The Balaban J connectivity index is 1.92. The highest BCUT2D eigenvalue weighted by atomic mass is 16.5. The molecule has 2 rings (SSSR count). The van der Waals surface area contributed by atoms with Gasteiger partial charge in [-0.1, -0.05) is 12.8 Å². The Morgan fingerprint density at radius 2 is 2.05 bits per heavy atom. The number of nitrogens with one attached hydrogen (secondary N) is 2. The zero-order valence-electron chi connectivity index (χ0n) is 12.0. The summed E-state index contributed by atoms with van der Waals surface area (Å²) in [5.41, 5.74) is 0.565. The normalized spacial score (nSPS) is 14.7. The number of carboxylic acids is 1. The molecule has 3 N–H and O–H groups in total. The molecule has 0 heterocycles. The lowest BCUT2D eigenvalue weighted by molar-refractivity contribution is 0.0693. The molecule has 1 saturated carbocycles. The van der Waals surface area contributed by atoms with E-state index in [2.05, 4.69) is 10.6 Å². The van der Waals surface area contributed by atoms with Gasteiger partial charge in [0.15, 0.2) is 0 Å². The lowest BCUT2D eigenvalue weighted by Gasteiger charge is -2.12. The molecule has 6 nitrogen and oxygen atoms in total. The van der Waals surface area contributed by atoms with Crippen molar-refractivity contribution in [2.75, 3.05) is 19.0 Å². The van der Waals surface area contributed by atoms with Gasteiger partial charge < -0.3 is 20.5 Å². The summed E-state index contributed by atoms with van der Waals surface area (Å²) >= 11 is 0. The van der Waals surface area contributed by atoms with Crippen LogP contribution in [-0.4, -0.2) is 30.8 Å². The van der Waals surface area contributed by atoms with Crippen molar-refractivity contribution in [1.82, 2.24) is 5.32 Å². The molecule has 21 heavy (non-hydrogen) atoms. The van der Waals surface area contributed by atoms with Gasteiger partial charge in [0.25, 0.3) is 0 Å². The molecule has 2 amide bonds. The molecule has 0 radical (unpaired) electrons. The Kier molecular flexibility index (Phi) is 5.03. The van der Waals surface area contributed by atoms with Crippen LogP contribution in [0.5, 0.6) is 5.75 Å². The quantitative estimate of drug-likeness (QED) is 0.778. The topological polar surface area (TPSA) is 87.7 Å². The Bertz CT molecular complexity index is 524. The van der Waals surface area contributed by atoms with Crippen LogP contribution in [0.1, 0.15) is 36.0 Å². The van der Waals surface area contributed by atoms with E-state index in [-0.39, 0.29) is 17.3 Å². The van der Waals surface area contributed by atoms with E-state index in [9.17, 15) is 9.59 Å². The van der Waals surface area contributed by atoms with Gasteiger partial charge in [0, 0.05) is 18.3 Å². The maximum Gasteiger partial charge on any atom is 0.339 e. The Morgan fingerprint density at radius 1 is 1.33 bits per heavy atom. The van der Waals surface area contributed by atoms with Gasteiger partial charge in [0.1, 0.15) is 11.3 Å². The molecule has 1 fully saturated rings. The number of rotatable bonds is 5. The van der Waals surface area contributed by atoms with Crippen molar-refractivity contribution in [3.63, 3.8) is 0 Å². The summed E-state index contributed by atoms with van der Waals surface area (Å²) in [6.45, 7) is 0.677. The van der Waals surface area contributed by atoms with Crippen LogP contribution in [0, 0.1) is 5.92 Å². The second-order valence-electron chi connectivity index (χ2n) is 5.21. The first-order valence-electron chi connectivity index (χ1n) is 7.06. The Hall–Kier alpha value is -2.24. The van der Waals surface area contributed by atoms with Crippen LogP contribution in [0.25, 0.3) is 0 Å². The highest BCUT2D eigenvalue weighted by Crippen LogP contribution is 2.24.